The average molecular weight is 417 g/mol. The van der Waals surface area contributed by atoms with E-state index in [2.05, 4.69) is 70.2 Å². The number of fused-ring (bicyclic) bond motifs is 2. The van der Waals surface area contributed by atoms with Gasteiger partial charge in [0, 0.05) is 0 Å². The Morgan fingerprint density at radius 2 is 1.06 bits per heavy atom. The molecule has 166 valence electrons. The van der Waals surface area contributed by atoms with Crippen LogP contribution < -0.4 is 0 Å². The van der Waals surface area contributed by atoms with Gasteiger partial charge in [0.25, 0.3) is 0 Å². The van der Waals surface area contributed by atoms with Crippen molar-refractivity contribution in [3.8, 4) is 5.75 Å². The summed E-state index contributed by atoms with van der Waals surface area (Å²) in [4.78, 5) is 0. The highest BCUT2D eigenvalue weighted by Crippen LogP contribution is 2.28. The molecule has 0 fully saturated rings. The number of hydrogen-bond acceptors (Lipinski definition) is 1. The quantitative estimate of drug-likeness (QED) is 0.327. The molecular weight excluding hydrogens is 376 g/mol. The molecule has 0 saturated carbocycles. The van der Waals surface area contributed by atoms with Gasteiger partial charge < -0.3 is 5.11 Å². The zero-order chi connectivity index (χ0) is 23.6. The van der Waals surface area contributed by atoms with Crippen LogP contribution in [-0.4, -0.2) is 5.11 Å². The lowest BCUT2D eigenvalue weighted by atomic mass is 9.93. The number of phenols is 1. The van der Waals surface area contributed by atoms with E-state index in [1.54, 1.807) is 12.1 Å². The van der Waals surface area contributed by atoms with Crippen LogP contribution in [0, 0.1) is 20.8 Å². The molecule has 1 N–H and O–H groups in total. The number of aromatic hydroxyl groups is 1. The fraction of sp³-hybridized carbons (Fsp3) is 0.333. The Kier molecular flexibility index (Phi) is 10.8. The second-order valence-electron chi connectivity index (χ2n) is 7.61. The molecule has 0 amide bonds. The zero-order valence-corrected chi connectivity index (χ0v) is 20.9. The smallest absolute Gasteiger partial charge is 0.116 e. The standard InChI is InChI=1S/C14H16.C12H12O.2C2H6/c1-10(2)13-9-5-8-12-7-4-6-11(3)14(12)13;1-8-4-3-5-10-7-11(13)6-9(2)12(8)10;2*1-2/h4-10H,1-3H3;3-7,13H,1-2H3;2*1-2H3. The summed E-state index contributed by atoms with van der Waals surface area (Å²) in [5.41, 5.74) is 5.23. The van der Waals surface area contributed by atoms with Crippen molar-refractivity contribution >= 4 is 21.5 Å². The van der Waals surface area contributed by atoms with E-state index in [9.17, 15) is 5.11 Å². The Bertz CT molecular complexity index is 1080. The number of rotatable bonds is 1. The maximum Gasteiger partial charge on any atom is 0.116 e. The fourth-order valence-electron chi connectivity index (χ4n) is 3.89. The summed E-state index contributed by atoms with van der Waals surface area (Å²) in [6, 6.07) is 22.8. The highest BCUT2D eigenvalue weighted by Gasteiger charge is 2.06. The normalized spacial score (nSPS) is 9.87. The maximum absolute atomic E-state index is 9.40. The summed E-state index contributed by atoms with van der Waals surface area (Å²) in [6.07, 6.45) is 0. The van der Waals surface area contributed by atoms with E-state index in [0.29, 0.717) is 11.7 Å². The molecule has 0 aromatic heterocycles. The highest BCUT2D eigenvalue weighted by atomic mass is 16.3. The van der Waals surface area contributed by atoms with Crippen LogP contribution in [0.5, 0.6) is 5.75 Å². The maximum atomic E-state index is 9.40. The van der Waals surface area contributed by atoms with E-state index in [4.69, 9.17) is 0 Å². The fourth-order valence-corrected chi connectivity index (χ4v) is 3.89. The number of aryl methyl sites for hydroxylation is 3. The van der Waals surface area contributed by atoms with Crippen molar-refractivity contribution in [1.29, 1.82) is 0 Å². The third-order valence-corrected chi connectivity index (χ3v) is 5.13. The second kappa shape index (κ2) is 12.8. The molecule has 31 heavy (non-hydrogen) atoms. The van der Waals surface area contributed by atoms with Crippen molar-refractivity contribution in [3.05, 3.63) is 89.0 Å². The third-order valence-electron chi connectivity index (χ3n) is 5.13. The van der Waals surface area contributed by atoms with Gasteiger partial charge in [-0.2, -0.15) is 0 Å². The van der Waals surface area contributed by atoms with E-state index in [1.807, 2.05) is 46.8 Å². The molecule has 0 aliphatic rings. The Morgan fingerprint density at radius 3 is 1.61 bits per heavy atom. The molecule has 0 aliphatic heterocycles. The molecule has 1 nitrogen and oxygen atoms in total. The van der Waals surface area contributed by atoms with Gasteiger partial charge in [0.05, 0.1) is 0 Å². The van der Waals surface area contributed by atoms with Crippen molar-refractivity contribution < 1.29 is 5.11 Å². The van der Waals surface area contributed by atoms with Gasteiger partial charge >= 0.3 is 0 Å². The summed E-state index contributed by atoms with van der Waals surface area (Å²) < 4.78 is 0. The summed E-state index contributed by atoms with van der Waals surface area (Å²) >= 11 is 0. The van der Waals surface area contributed by atoms with Gasteiger partial charge in [0.1, 0.15) is 5.75 Å². The van der Waals surface area contributed by atoms with Gasteiger partial charge in [-0.25, -0.2) is 0 Å². The predicted octanol–water partition coefficient (Wildman–Crippen LogP) is 9.49. The molecule has 4 aromatic carbocycles. The Balaban J connectivity index is 0.000000268. The minimum atomic E-state index is 0.343. The van der Waals surface area contributed by atoms with E-state index in [0.717, 1.165) is 10.9 Å². The van der Waals surface area contributed by atoms with Crippen LogP contribution in [0.4, 0.5) is 0 Å². The molecule has 0 saturated heterocycles. The molecule has 0 spiro atoms. The molecule has 0 radical (unpaired) electrons. The van der Waals surface area contributed by atoms with Crippen molar-refractivity contribution in [2.24, 2.45) is 0 Å². The van der Waals surface area contributed by atoms with E-state index >= 15 is 0 Å². The minimum Gasteiger partial charge on any atom is -0.508 e. The van der Waals surface area contributed by atoms with E-state index in [1.165, 1.54) is 32.8 Å². The molecule has 4 rings (SSSR count). The molecule has 0 unspecified atom stereocenters. The first kappa shape index (κ1) is 26.2. The van der Waals surface area contributed by atoms with Crippen LogP contribution in [0.2, 0.25) is 0 Å². The van der Waals surface area contributed by atoms with Crippen LogP contribution in [0.1, 0.15) is 69.7 Å². The number of benzene rings is 4. The van der Waals surface area contributed by atoms with Crippen LogP contribution >= 0.6 is 0 Å². The lowest BCUT2D eigenvalue weighted by molar-refractivity contribution is 0.476. The summed E-state index contributed by atoms with van der Waals surface area (Å²) in [7, 11) is 0. The predicted molar refractivity (Wildman–Crippen MR) is 141 cm³/mol. The second-order valence-corrected chi connectivity index (χ2v) is 7.61. The van der Waals surface area contributed by atoms with Gasteiger partial charge in [-0.3, -0.25) is 0 Å². The van der Waals surface area contributed by atoms with Crippen LogP contribution in [0.15, 0.2) is 66.7 Å². The highest BCUT2D eigenvalue weighted by molar-refractivity contribution is 5.90. The molecule has 0 heterocycles. The van der Waals surface area contributed by atoms with Gasteiger partial charge in [-0.05, 0) is 82.6 Å². The topological polar surface area (TPSA) is 20.2 Å². The molecule has 0 aliphatic carbocycles. The van der Waals surface area contributed by atoms with Gasteiger partial charge in [-0.1, -0.05) is 96.1 Å². The SMILES string of the molecule is CC.CC.Cc1cccc2cc(O)cc(C)c12.Cc1cccc2cccc(C(C)C)c12. The summed E-state index contributed by atoms with van der Waals surface area (Å²) in [6.45, 7) is 18.8. The lowest BCUT2D eigenvalue weighted by Gasteiger charge is -2.11. The van der Waals surface area contributed by atoms with Crippen molar-refractivity contribution in [3.63, 3.8) is 0 Å². The zero-order valence-electron chi connectivity index (χ0n) is 20.9. The molecule has 0 atom stereocenters. The van der Waals surface area contributed by atoms with Crippen LogP contribution in [-0.2, 0) is 0 Å². The summed E-state index contributed by atoms with van der Waals surface area (Å²) in [5.74, 6) is 0.940. The molecule has 0 bridgehead atoms. The Labute approximate surface area is 189 Å². The van der Waals surface area contributed by atoms with Gasteiger partial charge in [-0.15, -0.1) is 0 Å². The van der Waals surface area contributed by atoms with Crippen molar-refractivity contribution in [2.75, 3.05) is 0 Å². The van der Waals surface area contributed by atoms with Crippen molar-refractivity contribution in [1.82, 2.24) is 0 Å². The van der Waals surface area contributed by atoms with Gasteiger partial charge in [0.15, 0.2) is 0 Å². The van der Waals surface area contributed by atoms with Crippen molar-refractivity contribution in [2.45, 2.75) is 68.2 Å². The first-order valence-electron chi connectivity index (χ1n) is 11.6. The Hall–Kier alpha value is -2.80. The van der Waals surface area contributed by atoms with Crippen LogP contribution in [0.3, 0.4) is 0 Å². The molecule has 1 heteroatoms. The summed E-state index contributed by atoms with van der Waals surface area (Å²) in [5, 5.41) is 14.6. The average Bonchev–Trinajstić information content (AvgIpc) is 2.76. The Morgan fingerprint density at radius 1 is 0.581 bits per heavy atom. The minimum absolute atomic E-state index is 0.343. The molecular formula is C30H40O. The van der Waals surface area contributed by atoms with E-state index < -0.39 is 0 Å². The monoisotopic (exact) mass is 416 g/mol. The largest absolute Gasteiger partial charge is 0.508 e. The lowest BCUT2D eigenvalue weighted by Crippen LogP contribution is -1.90. The van der Waals surface area contributed by atoms with Gasteiger partial charge in [0.2, 0.25) is 0 Å². The van der Waals surface area contributed by atoms with Crippen LogP contribution in [0.25, 0.3) is 21.5 Å². The third kappa shape index (κ3) is 6.59. The van der Waals surface area contributed by atoms with E-state index in [-0.39, 0.29) is 0 Å². The first-order valence-corrected chi connectivity index (χ1v) is 11.6. The number of phenolic OH excluding ortho intramolecular Hbond substituents is 1. The number of hydrogen-bond donors (Lipinski definition) is 1. The first-order chi connectivity index (χ1) is 14.9. The molecule has 4 aromatic rings.